The number of para-hydroxylation sites is 4. The van der Waals surface area contributed by atoms with Crippen LogP contribution in [0.5, 0.6) is 0 Å². The summed E-state index contributed by atoms with van der Waals surface area (Å²) in [4.78, 5) is 0. The predicted octanol–water partition coefficient (Wildman–Crippen LogP) is 11.4. The maximum absolute atomic E-state index is 6.48. The zero-order valence-electron chi connectivity index (χ0n) is 24.3. The fourth-order valence-corrected chi connectivity index (χ4v) is 7.34. The molecule has 10 aromatic rings. The Kier molecular flexibility index (Phi) is 5.00. The van der Waals surface area contributed by atoms with E-state index in [-0.39, 0.29) is 0 Å². The normalized spacial score (nSPS) is 12.0. The van der Waals surface area contributed by atoms with Crippen molar-refractivity contribution in [3.05, 3.63) is 158 Å². The maximum atomic E-state index is 6.48. The monoisotopic (exact) mass is 574 g/mol. The fraction of sp³-hybridized carbons (Fsp3) is 0. The van der Waals surface area contributed by atoms with Gasteiger partial charge in [0.05, 0.1) is 27.5 Å². The summed E-state index contributed by atoms with van der Waals surface area (Å²) in [6, 6.07) is 56.5. The molecule has 210 valence electrons. The second-order valence-electron chi connectivity index (χ2n) is 11.8. The molecule has 0 spiro atoms. The van der Waals surface area contributed by atoms with E-state index < -0.39 is 0 Å². The predicted molar refractivity (Wildman–Crippen MR) is 188 cm³/mol. The smallest absolute Gasteiger partial charge is 0.145 e. The van der Waals surface area contributed by atoms with Crippen molar-refractivity contribution < 1.29 is 4.42 Å². The van der Waals surface area contributed by atoms with Crippen LogP contribution in [0.1, 0.15) is 0 Å². The number of fused-ring (bicyclic) bond motifs is 10. The van der Waals surface area contributed by atoms with E-state index in [0.29, 0.717) is 0 Å². The minimum Gasteiger partial charge on any atom is -0.455 e. The van der Waals surface area contributed by atoms with E-state index in [0.717, 1.165) is 44.2 Å². The van der Waals surface area contributed by atoms with Crippen molar-refractivity contribution in [3.8, 4) is 22.5 Å². The van der Waals surface area contributed by atoms with Gasteiger partial charge in [0.1, 0.15) is 11.2 Å². The molecule has 0 aliphatic heterocycles. The Morgan fingerprint density at radius 1 is 0.356 bits per heavy atom. The van der Waals surface area contributed by atoms with Crippen LogP contribution in [0.15, 0.2) is 162 Å². The van der Waals surface area contributed by atoms with Gasteiger partial charge in [0.2, 0.25) is 0 Å². The van der Waals surface area contributed by atoms with Crippen molar-refractivity contribution in [2.45, 2.75) is 0 Å². The standard InChI is InChI=1S/C42H26N2O/c1-5-16-36-31(12-1)32-13-2-6-17-37(32)44(36)30-11-9-10-28(26-30)27-20-22-29(23-21-27)43-38-18-7-3-15-35(38)41-39(43)25-24-34-33-14-4-8-19-40(33)45-42(34)41/h1-26H. The highest BCUT2D eigenvalue weighted by Gasteiger charge is 2.18. The highest BCUT2D eigenvalue weighted by molar-refractivity contribution is 6.23. The molecule has 0 saturated heterocycles. The van der Waals surface area contributed by atoms with Crippen LogP contribution >= 0.6 is 0 Å². The zero-order chi connectivity index (χ0) is 29.5. The first-order valence-corrected chi connectivity index (χ1v) is 15.4. The largest absolute Gasteiger partial charge is 0.455 e. The van der Waals surface area contributed by atoms with E-state index in [1.807, 2.05) is 6.07 Å². The molecule has 0 saturated carbocycles. The third-order valence-corrected chi connectivity index (χ3v) is 9.32. The summed E-state index contributed by atoms with van der Waals surface area (Å²) in [5.41, 5.74) is 11.3. The van der Waals surface area contributed by atoms with Gasteiger partial charge in [0.25, 0.3) is 0 Å². The Morgan fingerprint density at radius 2 is 0.956 bits per heavy atom. The van der Waals surface area contributed by atoms with Gasteiger partial charge in [0, 0.05) is 38.3 Å². The number of nitrogens with zero attached hydrogens (tertiary/aromatic N) is 2. The van der Waals surface area contributed by atoms with Crippen LogP contribution in [-0.2, 0) is 0 Å². The van der Waals surface area contributed by atoms with Crippen molar-refractivity contribution in [1.29, 1.82) is 0 Å². The second kappa shape index (κ2) is 9.22. The van der Waals surface area contributed by atoms with Crippen molar-refractivity contribution >= 4 is 65.6 Å². The van der Waals surface area contributed by atoms with Crippen molar-refractivity contribution in [2.75, 3.05) is 0 Å². The van der Waals surface area contributed by atoms with Crippen LogP contribution in [0.2, 0.25) is 0 Å². The van der Waals surface area contributed by atoms with E-state index in [4.69, 9.17) is 4.42 Å². The average molecular weight is 575 g/mol. The third kappa shape index (κ3) is 3.46. The van der Waals surface area contributed by atoms with Crippen molar-refractivity contribution in [1.82, 2.24) is 9.13 Å². The van der Waals surface area contributed by atoms with Crippen LogP contribution in [0, 0.1) is 0 Å². The first-order chi connectivity index (χ1) is 22.3. The molecule has 0 bridgehead atoms. The molecule has 0 radical (unpaired) electrons. The van der Waals surface area contributed by atoms with Crippen LogP contribution in [0.25, 0.3) is 88.1 Å². The number of benzene rings is 7. The molecule has 3 aromatic heterocycles. The average Bonchev–Trinajstić information content (AvgIpc) is 3.76. The molecule has 0 aliphatic carbocycles. The summed E-state index contributed by atoms with van der Waals surface area (Å²) in [7, 11) is 0. The Balaban J connectivity index is 1.12. The molecule has 10 rings (SSSR count). The molecular formula is C42H26N2O. The van der Waals surface area contributed by atoms with Crippen LogP contribution in [0.3, 0.4) is 0 Å². The van der Waals surface area contributed by atoms with Crippen molar-refractivity contribution in [2.24, 2.45) is 0 Å². The highest BCUT2D eigenvalue weighted by Crippen LogP contribution is 2.41. The first-order valence-electron chi connectivity index (χ1n) is 15.4. The fourth-order valence-electron chi connectivity index (χ4n) is 7.34. The Morgan fingerprint density at radius 3 is 1.69 bits per heavy atom. The second-order valence-corrected chi connectivity index (χ2v) is 11.8. The van der Waals surface area contributed by atoms with Crippen LogP contribution in [-0.4, -0.2) is 9.13 Å². The van der Waals surface area contributed by atoms with Gasteiger partial charge in [-0.2, -0.15) is 0 Å². The lowest BCUT2D eigenvalue weighted by Gasteiger charge is -2.12. The SMILES string of the molecule is c1cc(-c2ccc(-n3c4ccccc4c4c5oc6ccccc6c5ccc43)cc2)cc(-n2c3ccccc3c3ccccc32)c1. The minimum atomic E-state index is 0.921. The number of hydrogen-bond donors (Lipinski definition) is 0. The quantitative estimate of drug-likeness (QED) is 0.206. The van der Waals surface area contributed by atoms with Gasteiger partial charge in [-0.1, -0.05) is 97.1 Å². The molecule has 3 heterocycles. The molecule has 45 heavy (non-hydrogen) atoms. The molecule has 3 heteroatoms. The lowest BCUT2D eigenvalue weighted by molar-refractivity contribution is 0.673. The summed E-state index contributed by atoms with van der Waals surface area (Å²) in [5.74, 6) is 0. The van der Waals surface area contributed by atoms with Gasteiger partial charge in [-0.3, -0.25) is 0 Å². The highest BCUT2D eigenvalue weighted by atomic mass is 16.3. The van der Waals surface area contributed by atoms with Gasteiger partial charge in [-0.05, 0) is 71.8 Å². The van der Waals surface area contributed by atoms with E-state index >= 15 is 0 Å². The lowest BCUT2D eigenvalue weighted by atomic mass is 10.0. The zero-order valence-corrected chi connectivity index (χ0v) is 24.3. The number of hydrogen-bond acceptors (Lipinski definition) is 1. The molecule has 0 N–H and O–H groups in total. The summed E-state index contributed by atoms with van der Waals surface area (Å²) in [5, 5.41) is 7.20. The van der Waals surface area contributed by atoms with E-state index in [1.165, 1.54) is 43.8 Å². The maximum Gasteiger partial charge on any atom is 0.145 e. The van der Waals surface area contributed by atoms with Crippen LogP contribution in [0.4, 0.5) is 0 Å². The first kappa shape index (κ1) is 24.4. The van der Waals surface area contributed by atoms with Gasteiger partial charge in [0.15, 0.2) is 0 Å². The van der Waals surface area contributed by atoms with Gasteiger partial charge >= 0.3 is 0 Å². The molecule has 0 aliphatic rings. The summed E-state index contributed by atoms with van der Waals surface area (Å²) < 4.78 is 11.2. The molecule has 0 atom stereocenters. The molecule has 0 amide bonds. The Bertz CT molecular complexity index is 2700. The topological polar surface area (TPSA) is 23.0 Å². The molecule has 3 nitrogen and oxygen atoms in total. The Hall–Kier alpha value is -6.06. The summed E-state index contributed by atoms with van der Waals surface area (Å²) in [6.45, 7) is 0. The number of aromatic nitrogens is 2. The Labute approximate surface area is 258 Å². The van der Waals surface area contributed by atoms with Gasteiger partial charge in [-0.25, -0.2) is 0 Å². The molecule has 0 fully saturated rings. The number of rotatable bonds is 3. The van der Waals surface area contributed by atoms with E-state index in [9.17, 15) is 0 Å². The van der Waals surface area contributed by atoms with E-state index in [1.54, 1.807) is 0 Å². The van der Waals surface area contributed by atoms with Gasteiger partial charge in [-0.15, -0.1) is 0 Å². The lowest BCUT2D eigenvalue weighted by Crippen LogP contribution is -1.95. The van der Waals surface area contributed by atoms with Crippen LogP contribution < -0.4 is 0 Å². The molecule has 0 unspecified atom stereocenters. The number of furan rings is 1. The van der Waals surface area contributed by atoms with Gasteiger partial charge < -0.3 is 13.6 Å². The van der Waals surface area contributed by atoms with E-state index in [2.05, 4.69) is 161 Å². The summed E-state index contributed by atoms with van der Waals surface area (Å²) >= 11 is 0. The molecular weight excluding hydrogens is 548 g/mol. The molecule has 7 aromatic carbocycles. The third-order valence-electron chi connectivity index (χ3n) is 9.32. The summed E-state index contributed by atoms with van der Waals surface area (Å²) in [6.07, 6.45) is 0. The van der Waals surface area contributed by atoms with Crippen molar-refractivity contribution in [3.63, 3.8) is 0 Å². The minimum absolute atomic E-state index is 0.921.